The molecule has 1 fully saturated rings. The second-order valence-electron chi connectivity index (χ2n) is 4.96. The lowest BCUT2D eigenvalue weighted by atomic mass is 9.64. The summed E-state index contributed by atoms with van der Waals surface area (Å²) < 4.78 is 39.3. The maximum atomic E-state index is 13.1. The number of nitrogens with one attached hydrogen (secondary N) is 1. The molecule has 0 spiro atoms. The Kier molecular flexibility index (Phi) is 3.21. The van der Waals surface area contributed by atoms with Crippen LogP contribution in [0.25, 0.3) is 6.08 Å². The van der Waals surface area contributed by atoms with Gasteiger partial charge in [0.05, 0.1) is 16.8 Å². The van der Waals surface area contributed by atoms with E-state index in [9.17, 15) is 13.2 Å². The Balaban J connectivity index is 2.68. The molecule has 2 rings (SSSR count). The third kappa shape index (κ3) is 1.95. The number of aromatic amines is 1. The SMILES string of the molecule is C=Cc1[nH]c(C2(CC)CCC2)c(C#N)c1C(F)(F)F. The van der Waals surface area contributed by atoms with E-state index in [-0.39, 0.29) is 16.7 Å². The lowest BCUT2D eigenvalue weighted by Gasteiger charge is -2.41. The minimum Gasteiger partial charge on any atom is -0.357 e. The van der Waals surface area contributed by atoms with Crippen LogP contribution in [0.5, 0.6) is 0 Å². The molecule has 1 N–H and O–H groups in total. The molecule has 0 atom stereocenters. The number of halogens is 3. The van der Waals surface area contributed by atoms with Gasteiger partial charge in [0.2, 0.25) is 0 Å². The second kappa shape index (κ2) is 4.44. The van der Waals surface area contributed by atoms with Crippen LogP contribution in [0.4, 0.5) is 13.2 Å². The topological polar surface area (TPSA) is 39.6 Å². The molecule has 1 heterocycles. The summed E-state index contributed by atoms with van der Waals surface area (Å²) in [7, 11) is 0. The summed E-state index contributed by atoms with van der Waals surface area (Å²) in [5.74, 6) is 0. The molecule has 0 unspecified atom stereocenters. The zero-order valence-corrected chi connectivity index (χ0v) is 10.7. The Morgan fingerprint density at radius 2 is 2.11 bits per heavy atom. The van der Waals surface area contributed by atoms with E-state index >= 15 is 0 Å². The fourth-order valence-electron chi connectivity index (χ4n) is 2.86. The Labute approximate surface area is 109 Å². The summed E-state index contributed by atoms with van der Waals surface area (Å²) in [6, 6.07) is 1.73. The van der Waals surface area contributed by atoms with Crippen LogP contribution < -0.4 is 0 Å². The molecule has 0 saturated heterocycles. The third-order valence-electron chi connectivity index (χ3n) is 4.15. The quantitative estimate of drug-likeness (QED) is 0.868. The normalized spacial score (nSPS) is 17.6. The first-order valence-corrected chi connectivity index (χ1v) is 6.26. The molecule has 0 aromatic carbocycles. The summed E-state index contributed by atoms with van der Waals surface area (Å²) in [6.07, 6.45) is -0.0328. The molecular formula is C14H15F3N2. The highest BCUT2D eigenvalue weighted by Gasteiger charge is 2.45. The van der Waals surface area contributed by atoms with Gasteiger partial charge in [-0.15, -0.1) is 0 Å². The Morgan fingerprint density at radius 3 is 2.42 bits per heavy atom. The lowest BCUT2D eigenvalue weighted by Crippen LogP contribution is -2.34. The summed E-state index contributed by atoms with van der Waals surface area (Å²) in [5.41, 5.74) is -1.10. The van der Waals surface area contributed by atoms with E-state index < -0.39 is 11.7 Å². The van der Waals surface area contributed by atoms with Crippen molar-refractivity contribution < 1.29 is 13.2 Å². The Hall–Kier alpha value is -1.70. The summed E-state index contributed by atoms with van der Waals surface area (Å²) >= 11 is 0. The first kappa shape index (κ1) is 13.7. The van der Waals surface area contributed by atoms with Gasteiger partial charge in [0.25, 0.3) is 0 Å². The number of hydrogen-bond acceptors (Lipinski definition) is 1. The smallest absolute Gasteiger partial charge is 0.357 e. The molecule has 1 saturated carbocycles. The number of nitriles is 1. The lowest BCUT2D eigenvalue weighted by molar-refractivity contribution is -0.137. The molecule has 1 aromatic rings. The van der Waals surface area contributed by atoms with E-state index in [0.29, 0.717) is 5.69 Å². The van der Waals surface area contributed by atoms with E-state index in [1.54, 1.807) is 6.07 Å². The van der Waals surface area contributed by atoms with Crippen molar-refractivity contribution >= 4 is 6.08 Å². The van der Waals surface area contributed by atoms with Gasteiger partial charge in [-0.2, -0.15) is 18.4 Å². The molecule has 102 valence electrons. The van der Waals surface area contributed by atoms with Crippen molar-refractivity contribution in [3.05, 3.63) is 29.1 Å². The minimum absolute atomic E-state index is 0.0984. The molecular weight excluding hydrogens is 253 g/mol. The predicted molar refractivity (Wildman–Crippen MR) is 66.4 cm³/mol. The van der Waals surface area contributed by atoms with Crippen molar-refractivity contribution in [2.45, 2.75) is 44.2 Å². The van der Waals surface area contributed by atoms with Gasteiger partial charge in [-0.25, -0.2) is 0 Å². The highest BCUT2D eigenvalue weighted by Crippen LogP contribution is 2.49. The Bertz CT molecular complexity index is 537. The maximum absolute atomic E-state index is 13.1. The van der Waals surface area contributed by atoms with Crippen LogP contribution >= 0.6 is 0 Å². The molecule has 0 radical (unpaired) electrons. The van der Waals surface area contributed by atoms with Gasteiger partial charge < -0.3 is 4.98 Å². The molecule has 1 aliphatic rings. The average Bonchev–Trinajstić information content (AvgIpc) is 2.67. The van der Waals surface area contributed by atoms with Crippen molar-refractivity contribution in [3.8, 4) is 6.07 Å². The van der Waals surface area contributed by atoms with Crippen molar-refractivity contribution in [2.24, 2.45) is 0 Å². The number of hydrogen-bond donors (Lipinski definition) is 1. The van der Waals surface area contributed by atoms with E-state index in [1.807, 2.05) is 6.92 Å². The number of H-pyrrole nitrogens is 1. The van der Waals surface area contributed by atoms with E-state index in [1.165, 1.54) is 0 Å². The molecule has 1 aliphatic carbocycles. The number of aromatic nitrogens is 1. The molecule has 2 nitrogen and oxygen atoms in total. The molecule has 0 amide bonds. The second-order valence-corrected chi connectivity index (χ2v) is 4.96. The summed E-state index contributed by atoms with van der Waals surface area (Å²) in [6.45, 7) is 5.35. The van der Waals surface area contributed by atoms with Gasteiger partial charge in [-0.1, -0.05) is 19.9 Å². The average molecular weight is 268 g/mol. The van der Waals surface area contributed by atoms with Crippen LogP contribution in [0.2, 0.25) is 0 Å². The van der Waals surface area contributed by atoms with Gasteiger partial charge in [-0.05, 0) is 25.3 Å². The van der Waals surface area contributed by atoms with Crippen LogP contribution in [-0.4, -0.2) is 4.98 Å². The first-order chi connectivity index (χ1) is 8.89. The van der Waals surface area contributed by atoms with Gasteiger partial charge in [0.1, 0.15) is 6.07 Å². The predicted octanol–water partition coefficient (Wildman–Crippen LogP) is 4.38. The third-order valence-corrected chi connectivity index (χ3v) is 4.15. The first-order valence-electron chi connectivity index (χ1n) is 6.26. The molecule has 1 aromatic heterocycles. The molecule has 5 heteroatoms. The van der Waals surface area contributed by atoms with Crippen LogP contribution in [-0.2, 0) is 11.6 Å². The number of nitrogens with zero attached hydrogens (tertiary/aromatic N) is 1. The van der Waals surface area contributed by atoms with Crippen molar-refractivity contribution in [3.63, 3.8) is 0 Å². The van der Waals surface area contributed by atoms with E-state index in [4.69, 9.17) is 5.26 Å². The van der Waals surface area contributed by atoms with Crippen molar-refractivity contribution in [1.29, 1.82) is 5.26 Å². The summed E-state index contributed by atoms with van der Waals surface area (Å²) in [5, 5.41) is 9.15. The van der Waals surface area contributed by atoms with Crippen LogP contribution in [0.3, 0.4) is 0 Å². The monoisotopic (exact) mass is 268 g/mol. The summed E-state index contributed by atoms with van der Waals surface area (Å²) in [4.78, 5) is 2.79. The van der Waals surface area contributed by atoms with Gasteiger partial charge in [0.15, 0.2) is 0 Å². The van der Waals surface area contributed by atoms with Gasteiger partial charge >= 0.3 is 6.18 Å². The Morgan fingerprint density at radius 1 is 1.47 bits per heavy atom. The zero-order valence-electron chi connectivity index (χ0n) is 10.7. The standard InChI is InChI=1S/C14H15F3N2/c1-3-10-11(14(15,16)17)9(8-18)12(19-10)13(4-2)6-5-7-13/h3,19H,1,4-7H2,2H3. The highest BCUT2D eigenvalue weighted by molar-refractivity contribution is 5.60. The fraction of sp³-hybridized carbons (Fsp3) is 0.500. The molecule has 19 heavy (non-hydrogen) atoms. The molecule has 0 bridgehead atoms. The minimum atomic E-state index is -4.54. The van der Waals surface area contributed by atoms with E-state index in [2.05, 4.69) is 11.6 Å². The zero-order chi connectivity index (χ0) is 14.3. The highest BCUT2D eigenvalue weighted by atomic mass is 19.4. The van der Waals surface area contributed by atoms with Gasteiger partial charge in [-0.3, -0.25) is 0 Å². The maximum Gasteiger partial charge on any atom is 0.419 e. The number of alkyl halides is 3. The van der Waals surface area contributed by atoms with Crippen LogP contribution in [0.15, 0.2) is 6.58 Å². The van der Waals surface area contributed by atoms with E-state index in [0.717, 1.165) is 31.8 Å². The van der Waals surface area contributed by atoms with Crippen LogP contribution in [0.1, 0.15) is 55.1 Å². The van der Waals surface area contributed by atoms with Crippen LogP contribution in [0, 0.1) is 11.3 Å². The molecule has 0 aliphatic heterocycles. The number of rotatable bonds is 3. The largest absolute Gasteiger partial charge is 0.419 e. The van der Waals surface area contributed by atoms with Crippen molar-refractivity contribution in [2.75, 3.05) is 0 Å². The van der Waals surface area contributed by atoms with Crippen molar-refractivity contribution in [1.82, 2.24) is 4.98 Å². The van der Waals surface area contributed by atoms with Gasteiger partial charge in [0, 0.05) is 11.1 Å². The fourth-order valence-corrected chi connectivity index (χ4v) is 2.86.